The maximum atomic E-state index is 11.1. The number of fused-ring (bicyclic) bond motifs is 1. The van der Waals surface area contributed by atoms with Crippen LogP contribution in [0.5, 0.6) is 0 Å². The van der Waals surface area contributed by atoms with Gasteiger partial charge in [0.15, 0.2) is 0 Å². The molecule has 2 N–H and O–H groups in total. The predicted octanol–water partition coefficient (Wildman–Crippen LogP) is 0.424. The molecule has 0 atom stereocenters. The summed E-state index contributed by atoms with van der Waals surface area (Å²) in [6.07, 6.45) is 3.06. The number of rotatable bonds is 3. The van der Waals surface area contributed by atoms with Crippen LogP contribution in [0.4, 0.5) is 0 Å². The summed E-state index contributed by atoms with van der Waals surface area (Å²) in [6.45, 7) is 10.1. The first-order valence-corrected chi connectivity index (χ1v) is 6.26. The smallest absolute Gasteiger partial charge is 0.302 e. The lowest BCUT2D eigenvalue weighted by Crippen LogP contribution is -2.30. The quantitative estimate of drug-likeness (QED) is 0.778. The minimum absolute atomic E-state index is 0.126. The van der Waals surface area contributed by atoms with Crippen LogP contribution in [-0.4, -0.2) is 39.5 Å². The Balaban J connectivity index is 0.000000203. The van der Waals surface area contributed by atoms with Gasteiger partial charge in [0.05, 0.1) is 13.4 Å². The second-order valence-electron chi connectivity index (χ2n) is 3.93. The Labute approximate surface area is 107 Å². The predicted molar refractivity (Wildman–Crippen MR) is 71.4 cm³/mol. The van der Waals surface area contributed by atoms with Crippen LogP contribution in [0.2, 0.25) is 0 Å². The molecule has 0 aliphatic heterocycles. The number of nitrogens with one attached hydrogen (secondary N) is 2. The highest BCUT2D eigenvalue weighted by atomic mass is 16.1. The Morgan fingerprint density at radius 1 is 1.22 bits per heavy atom. The molecule has 0 aliphatic rings. The molecule has 0 aliphatic carbocycles. The standard InChI is InChI=1S/C6H6N4O.C6H15N/c1-10-3-9-5-4(10)6(11)8-2-7-5;1-4-7(5-2)6-3/h2-3H,1H3,(H,7,8,11);4-6H2,1-3H3/p+1. The zero-order valence-corrected chi connectivity index (χ0v) is 11.5. The van der Waals surface area contributed by atoms with E-state index in [0.717, 1.165) is 0 Å². The molecule has 18 heavy (non-hydrogen) atoms. The molecule has 2 heterocycles. The van der Waals surface area contributed by atoms with E-state index in [0.29, 0.717) is 11.2 Å². The van der Waals surface area contributed by atoms with Crippen molar-refractivity contribution < 1.29 is 4.57 Å². The van der Waals surface area contributed by atoms with Gasteiger partial charge in [0.1, 0.15) is 0 Å². The van der Waals surface area contributed by atoms with Gasteiger partial charge in [0.2, 0.25) is 6.33 Å². The summed E-state index contributed by atoms with van der Waals surface area (Å²) >= 11 is 0. The van der Waals surface area contributed by atoms with Crippen molar-refractivity contribution >= 4 is 11.2 Å². The van der Waals surface area contributed by atoms with Crippen molar-refractivity contribution in [3.8, 4) is 0 Å². The van der Waals surface area contributed by atoms with Gasteiger partial charge in [-0.05, 0) is 19.6 Å². The van der Waals surface area contributed by atoms with Crippen LogP contribution in [0.15, 0.2) is 17.4 Å². The van der Waals surface area contributed by atoms with Crippen molar-refractivity contribution in [1.29, 1.82) is 0 Å². The number of imidazole rings is 1. The number of hydrogen-bond acceptors (Lipinski definition) is 3. The van der Waals surface area contributed by atoms with Gasteiger partial charge in [-0.2, -0.15) is 4.98 Å². The van der Waals surface area contributed by atoms with Gasteiger partial charge in [-0.15, -0.1) is 0 Å². The van der Waals surface area contributed by atoms with E-state index < -0.39 is 0 Å². The highest BCUT2D eigenvalue weighted by Crippen LogP contribution is 1.91. The normalized spacial score (nSPS) is 10.5. The SMILES string of the molecule is CCN(CC)CC.C[n+]1c[nH]c2nc[nH]c(=O)c21. The molecule has 6 nitrogen and oxygen atoms in total. The third-order valence-electron chi connectivity index (χ3n) is 2.92. The Bertz CT molecular complexity index is 521. The molecule has 2 rings (SSSR count). The zero-order valence-electron chi connectivity index (χ0n) is 11.5. The maximum Gasteiger partial charge on any atom is 0.302 e. The van der Waals surface area contributed by atoms with Gasteiger partial charge in [-0.25, -0.2) is 9.55 Å². The fraction of sp³-hybridized carbons (Fsp3) is 0.583. The van der Waals surface area contributed by atoms with Crippen LogP contribution in [0.25, 0.3) is 11.2 Å². The van der Waals surface area contributed by atoms with Crippen molar-refractivity contribution in [3.63, 3.8) is 0 Å². The van der Waals surface area contributed by atoms with E-state index in [1.807, 2.05) is 0 Å². The Hall–Kier alpha value is -1.69. The zero-order chi connectivity index (χ0) is 13.5. The van der Waals surface area contributed by atoms with Crippen LogP contribution >= 0.6 is 0 Å². The van der Waals surface area contributed by atoms with E-state index in [-0.39, 0.29) is 5.56 Å². The first-order valence-electron chi connectivity index (χ1n) is 6.26. The molecule has 0 radical (unpaired) electrons. The molecule has 0 saturated heterocycles. The van der Waals surface area contributed by atoms with Crippen molar-refractivity contribution in [1.82, 2.24) is 19.9 Å². The van der Waals surface area contributed by atoms with Gasteiger partial charge < -0.3 is 9.88 Å². The largest absolute Gasteiger partial charge is 0.309 e. The van der Waals surface area contributed by atoms with E-state index in [1.54, 1.807) is 17.9 Å². The van der Waals surface area contributed by atoms with E-state index in [9.17, 15) is 4.79 Å². The molecule has 0 aromatic carbocycles. The highest BCUT2D eigenvalue weighted by molar-refractivity contribution is 5.63. The molecule has 0 spiro atoms. The maximum absolute atomic E-state index is 11.1. The van der Waals surface area contributed by atoms with E-state index in [4.69, 9.17) is 0 Å². The lowest BCUT2D eigenvalue weighted by atomic mass is 10.5. The number of hydrogen-bond donors (Lipinski definition) is 2. The lowest BCUT2D eigenvalue weighted by molar-refractivity contribution is -0.645. The number of H-pyrrole nitrogens is 2. The summed E-state index contributed by atoms with van der Waals surface area (Å²) < 4.78 is 1.70. The summed E-state index contributed by atoms with van der Waals surface area (Å²) in [5.41, 5.74) is 1.04. The van der Waals surface area contributed by atoms with Crippen LogP contribution in [0.3, 0.4) is 0 Å². The molecule has 0 unspecified atom stereocenters. The first kappa shape index (κ1) is 14.4. The Kier molecular flexibility index (Phi) is 5.51. The number of aryl methyl sites for hydroxylation is 1. The second kappa shape index (κ2) is 6.90. The molecule has 0 saturated carbocycles. The van der Waals surface area contributed by atoms with E-state index >= 15 is 0 Å². The number of nitrogens with zero attached hydrogens (tertiary/aromatic N) is 3. The van der Waals surface area contributed by atoms with E-state index in [1.165, 1.54) is 26.0 Å². The van der Waals surface area contributed by atoms with Gasteiger partial charge in [0.25, 0.3) is 11.2 Å². The molecular formula is C12H22N5O+. The average Bonchev–Trinajstić information content (AvgIpc) is 2.76. The van der Waals surface area contributed by atoms with Crippen LogP contribution < -0.4 is 10.1 Å². The van der Waals surface area contributed by atoms with Crippen molar-refractivity contribution in [2.24, 2.45) is 7.05 Å². The highest BCUT2D eigenvalue weighted by Gasteiger charge is 2.09. The average molecular weight is 252 g/mol. The summed E-state index contributed by atoms with van der Waals surface area (Å²) in [7, 11) is 1.79. The first-order chi connectivity index (χ1) is 8.63. The van der Waals surface area contributed by atoms with Crippen molar-refractivity contribution in [3.05, 3.63) is 23.0 Å². The third-order valence-corrected chi connectivity index (χ3v) is 2.92. The summed E-state index contributed by atoms with van der Waals surface area (Å²) in [5.74, 6) is 0. The fourth-order valence-corrected chi connectivity index (χ4v) is 1.72. The molecule has 100 valence electrons. The third kappa shape index (κ3) is 3.40. The lowest BCUT2D eigenvalue weighted by Gasteiger charge is -2.13. The molecule has 2 aromatic rings. The molecule has 0 amide bonds. The van der Waals surface area contributed by atoms with Crippen LogP contribution in [-0.2, 0) is 7.05 Å². The number of aromatic nitrogens is 4. The minimum atomic E-state index is -0.126. The van der Waals surface area contributed by atoms with Crippen molar-refractivity contribution in [2.45, 2.75) is 20.8 Å². The van der Waals surface area contributed by atoms with Crippen LogP contribution in [0.1, 0.15) is 20.8 Å². The van der Waals surface area contributed by atoms with E-state index in [2.05, 4.69) is 40.6 Å². The summed E-state index contributed by atoms with van der Waals surface area (Å²) in [4.78, 5) is 22.8. The molecule has 0 bridgehead atoms. The number of aromatic amines is 2. The fourth-order valence-electron chi connectivity index (χ4n) is 1.72. The molecule has 2 aromatic heterocycles. The topological polar surface area (TPSA) is 68.7 Å². The second-order valence-corrected chi connectivity index (χ2v) is 3.93. The Morgan fingerprint density at radius 3 is 2.28 bits per heavy atom. The van der Waals surface area contributed by atoms with Gasteiger partial charge in [-0.1, -0.05) is 20.8 Å². The molecule has 0 fully saturated rings. The summed E-state index contributed by atoms with van der Waals surface area (Å²) in [5, 5.41) is 0. The molecular weight excluding hydrogens is 230 g/mol. The summed E-state index contributed by atoms with van der Waals surface area (Å²) in [6, 6.07) is 0. The minimum Gasteiger partial charge on any atom is -0.309 e. The monoisotopic (exact) mass is 252 g/mol. The van der Waals surface area contributed by atoms with Gasteiger partial charge >= 0.3 is 5.56 Å². The van der Waals surface area contributed by atoms with Gasteiger partial charge in [-0.3, -0.25) is 4.79 Å². The molecule has 6 heteroatoms. The van der Waals surface area contributed by atoms with Crippen LogP contribution in [0, 0.1) is 0 Å². The van der Waals surface area contributed by atoms with Gasteiger partial charge in [0, 0.05) is 0 Å². The Morgan fingerprint density at radius 2 is 1.83 bits per heavy atom. The van der Waals surface area contributed by atoms with Crippen molar-refractivity contribution in [2.75, 3.05) is 19.6 Å².